The first-order chi connectivity index (χ1) is 23.3. The third-order valence-corrected chi connectivity index (χ3v) is 11.0. The van der Waals surface area contributed by atoms with Crippen molar-refractivity contribution in [3.05, 3.63) is 67.3 Å². The summed E-state index contributed by atoms with van der Waals surface area (Å²) in [6, 6.07) is 5.36. The fourth-order valence-corrected chi connectivity index (χ4v) is 7.90. The summed E-state index contributed by atoms with van der Waals surface area (Å²) >= 11 is 5.73. The second-order valence-corrected chi connectivity index (χ2v) is 16.5. The van der Waals surface area contributed by atoms with E-state index in [4.69, 9.17) is 0 Å². The van der Waals surface area contributed by atoms with Crippen LogP contribution in [-0.2, 0) is 36.3 Å². The number of aromatic nitrogens is 8. The first kappa shape index (κ1) is 38.1. The van der Waals surface area contributed by atoms with Crippen LogP contribution in [0.25, 0.3) is 45.4 Å². The Morgan fingerprint density at radius 2 is 1.16 bits per heavy atom. The number of fused-ring (bicyclic) bond motifs is 2. The number of nitrogens with zero attached hydrogens (tertiary/aromatic N) is 8. The lowest BCUT2D eigenvalue weighted by molar-refractivity contribution is -0.138. The van der Waals surface area contributed by atoms with E-state index in [1.54, 1.807) is 36.6 Å². The smallest absolute Gasteiger partial charge is 0.310 e. The minimum absolute atomic E-state index is 0.0116. The van der Waals surface area contributed by atoms with Gasteiger partial charge in [-0.05, 0) is 75.2 Å². The van der Waals surface area contributed by atoms with Crippen molar-refractivity contribution in [3.8, 4) is 23.0 Å². The molecule has 0 N–H and O–H groups in total. The molecule has 0 spiro atoms. The molecule has 0 saturated heterocycles. The van der Waals surface area contributed by atoms with E-state index in [0.717, 1.165) is 38.7 Å². The second kappa shape index (κ2) is 14.5. The Morgan fingerprint density at radius 3 is 1.62 bits per heavy atom. The van der Waals surface area contributed by atoms with Gasteiger partial charge in [-0.15, -0.1) is 11.8 Å². The molecular weight excluding hydrogens is 936 g/mol. The summed E-state index contributed by atoms with van der Waals surface area (Å²) in [7, 11) is -0.330. The maximum absolute atomic E-state index is 12.9. The van der Waals surface area contributed by atoms with Crippen LogP contribution in [0.5, 0.6) is 0 Å². The van der Waals surface area contributed by atoms with Crippen molar-refractivity contribution in [2.24, 2.45) is 14.1 Å². The van der Waals surface area contributed by atoms with Crippen molar-refractivity contribution in [2.75, 3.05) is 11.5 Å². The fourth-order valence-electron chi connectivity index (χ4n) is 4.72. The number of alkyl halides is 6. The van der Waals surface area contributed by atoms with Crippen LogP contribution in [0.4, 0.5) is 26.3 Å². The quantitative estimate of drug-likeness (QED) is 0.0925. The van der Waals surface area contributed by atoms with Crippen LogP contribution in [0.2, 0.25) is 0 Å². The molecule has 0 amide bonds. The molecule has 20 heteroatoms. The summed E-state index contributed by atoms with van der Waals surface area (Å²) in [5.41, 5.74) is -0.186. The minimum Gasteiger partial charge on any atom is -0.310 e. The van der Waals surface area contributed by atoms with Crippen molar-refractivity contribution < 1.29 is 34.8 Å². The Hall–Kier alpha value is -3.12. The van der Waals surface area contributed by atoms with Crippen molar-refractivity contribution in [1.29, 1.82) is 0 Å². The molecule has 10 nitrogen and oxygen atoms in total. The Balaban J connectivity index is 0.000000195. The molecule has 0 aliphatic heterocycles. The summed E-state index contributed by atoms with van der Waals surface area (Å²) in [5, 5.41) is 0. The van der Waals surface area contributed by atoms with Gasteiger partial charge in [0.25, 0.3) is 0 Å². The first-order valence-corrected chi connectivity index (χ1v) is 19.1. The van der Waals surface area contributed by atoms with E-state index in [-0.39, 0.29) is 38.8 Å². The van der Waals surface area contributed by atoms with E-state index >= 15 is 0 Å². The van der Waals surface area contributed by atoms with Crippen LogP contribution in [0.1, 0.15) is 25.0 Å². The van der Waals surface area contributed by atoms with Gasteiger partial charge in [-0.2, -0.15) is 26.3 Å². The summed E-state index contributed by atoms with van der Waals surface area (Å²) in [4.78, 5) is 25.8. The van der Waals surface area contributed by atoms with Gasteiger partial charge in [0.05, 0.1) is 21.8 Å². The maximum atomic E-state index is 12.9. The number of imidazole rings is 2. The van der Waals surface area contributed by atoms with Gasteiger partial charge in [0, 0.05) is 50.9 Å². The lowest BCUT2D eigenvalue weighted by Crippen LogP contribution is -2.09. The molecule has 0 bridgehead atoms. The summed E-state index contributed by atoms with van der Waals surface area (Å²) in [5.74, 6) is 1.36. The number of rotatable bonds is 6. The predicted molar refractivity (Wildman–Crippen MR) is 193 cm³/mol. The molecule has 0 aliphatic carbocycles. The Labute approximate surface area is 312 Å². The van der Waals surface area contributed by atoms with E-state index < -0.39 is 33.3 Å². The van der Waals surface area contributed by atoms with Crippen molar-refractivity contribution >= 4 is 89.1 Å². The molecule has 6 aromatic rings. The van der Waals surface area contributed by atoms with Gasteiger partial charge in [-0.3, -0.25) is 9.97 Å². The number of aryl methyl sites for hydroxylation is 2. The van der Waals surface area contributed by atoms with Gasteiger partial charge in [0.1, 0.15) is 22.4 Å². The third kappa shape index (κ3) is 7.86. The standard InChI is InChI=1S/C15H12F3IN4O2S.C15H12F3IN4S/c1-3-26(24,25)11-5-9(19)7-20-12(11)14-22-10-4-8(15(16,17)18)6-21-13(10)23(14)2;1-3-24-11-5-9(19)7-20-12(11)14-22-10-4-8(15(16,17)18)6-21-13(10)23(14)2/h4-7H,3H2,1-2H3;4-7H,3H2,1-2H3. The molecule has 0 fully saturated rings. The topological polar surface area (TPSA) is 121 Å². The number of sulfone groups is 1. The van der Waals surface area contributed by atoms with Crippen LogP contribution in [0.15, 0.2) is 58.8 Å². The molecule has 0 unspecified atom stereocenters. The number of hydrogen-bond acceptors (Lipinski definition) is 9. The molecule has 0 aliphatic rings. The lowest BCUT2D eigenvalue weighted by Gasteiger charge is -2.09. The van der Waals surface area contributed by atoms with Crippen molar-refractivity contribution in [2.45, 2.75) is 36.0 Å². The van der Waals surface area contributed by atoms with Crippen LogP contribution < -0.4 is 0 Å². The Kier molecular flexibility index (Phi) is 11.0. The molecule has 0 atom stereocenters. The number of hydrogen-bond donors (Lipinski definition) is 0. The first-order valence-electron chi connectivity index (χ1n) is 14.3. The van der Waals surface area contributed by atoms with Gasteiger partial charge >= 0.3 is 12.4 Å². The van der Waals surface area contributed by atoms with Crippen molar-refractivity contribution in [3.63, 3.8) is 0 Å². The lowest BCUT2D eigenvalue weighted by atomic mass is 10.2. The van der Waals surface area contributed by atoms with Gasteiger partial charge < -0.3 is 9.13 Å². The summed E-state index contributed by atoms with van der Waals surface area (Å²) in [6.07, 6.45) is -4.25. The zero-order valence-corrected chi connectivity index (χ0v) is 32.2. The molecule has 264 valence electrons. The monoisotopic (exact) mass is 960 g/mol. The van der Waals surface area contributed by atoms with E-state index in [1.807, 2.05) is 35.6 Å². The van der Waals surface area contributed by atoms with E-state index in [1.165, 1.54) is 23.8 Å². The highest BCUT2D eigenvalue weighted by Gasteiger charge is 2.33. The van der Waals surface area contributed by atoms with Crippen molar-refractivity contribution in [1.82, 2.24) is 39.0 Å². The summed E-state index contributed by atoms with van der Waals surface area (Å²) in [6.45, 7) is 3.53. The Bertz CT molecular complexity index is 2340. The van der Waals surface area contributed by atoms with E-state index in [0.29, 0.717) is 20.7 Å². The van der Waals surface area contributed by atoms with Crippen LogP contribution in [-0.4, -0.2) is 59.0 Å². The molecular formula is C30H24F6I2N8O2S2. The van der Waals surface area contributed by atoms with Crippen LogP contribution >= 0.6 is 56.9 Å². The zero-order chi connectivity index (χ0) is 36.8. The zero-order valence-electron chi connectivity index (χ0n) is 26.3. The van der Waals surface area contributed by atoms with Gasteiger partial charge in [0.2, 0.25) is 0 Å². The second-order valence-electron chi connectivity index (χ2n) is 10.5. The van der Waals surface area contributed by atoms with Crippen LogP contribution in [0, 0.1) is 7.14 Å². The predicted octanol–water partition coefficient (Wildman–Crippen LogP) is 8.21. The molecule has 0 aromatic carbocycles. The molecule has 6 rings (SSSR count). The SMILES string of the molecule is CCS(=O)(=O)c1cc(I)cnc1-c1nc2cc(C(F)(F)F)cnc2n1C.CCSc1cc(I)cnc1-c1nc2cc(C(F)(F)F)cnc2n1C. The van der Waals surface area contributed by atoms with E-state index in [2.05, 4.69) is 52.5 Å². The summed E-state index contributed by atoms with van der Waals surface area (Å²) < 4.78 is 107. The van der Waals surface area contributed by atoms with E-state index in [9.17, 15) is 34.8 Å². The van der Waals surface area contributed by atoms with Gasteiger partial charge in [0.15, 0.2) is 32.8 Å². The average molecular weight is 961 g/mol. The normalized spacial score (nSPS) is 12.4. The highest BCUT2D eigenvalue weighted by Crippen LogP contribution is 2.35. The largest absolute Gasteiger partial charge is 0.417 e. The third-order valence-electron chi connectivity index (χ3n) is 7.15. The minimum atomic E-state index is -4.54. The fraction of sp³-hybridized carbons (Fsp3) is 0.267. The number of pyridine rings is 4. The maximum Gasteiger partial charge on any atom is 0.417 e. The number of halogens is 8. The molecule has 0 radical (unpaired) electrons. The molecule has 50 heavy (non-hydrogen) atoms. The van der Waals surface area contributed by atoms with Gasteiger partial charge in [-0.25, -0.2) is 28.4 Å². The molecule has 6 aromatic heterocycles. The average Bonchev–Trinajstić information content (AvgIpc) is 3.56. The molecule has 6 heterocycles. The van der Waals surface area contributed by atoms with Gasteiger partial charge in [-0.1, -0.05) is 13.8 Å². The Morgan fingerprint density at radius 1 is 0.700 bits per heavy atom. The molecule has 0 saturated carbocycles. The highest BCUT2D eigenvalue weighted by atomic mass is 127. The highest BCUT2D eigenvalue weighted by molar-refractivity contribution is 14.1. The number of thioether (sulfide) groups is 1. The van der Waals surface area contributed by atoms with Crippen LogP contribution in [0.3, 0.4) is 0 Å².